The van der Waals surface area contributed by atoms with E-state index in [1.54, 1.807) is 20.9 Å². The van der Waals surface area contributed by atoms with Crippen molar-refractivity contribution in [3.05, 3.63) is 47.0 Å². The topological polar surface area (TPSA) is 177 Å². The second-order valence-corrected chi connectivity index (χ2v) is 11.5. The average Bonchev–Trinajstić information content (AvgIpc) is 3.48. The Bertz CT molecular complexity index is 1440. The molecule has 1 aromatic heterocycles. The molecule has 1 amide bonds. The van der Waals surface area contributed by atoms with Gasteiger partial charge in [0.1, 0.15) is 18.5 Å². The summed E-state index contributed by atoms with van der Waals surface area (Å²) in [4.78, 5) is 55.1. The lowest BCUT2D eigenvalue weighted by Crippen LogP contribution is -2.42. The number of esters is 1. The van der Waals surface area contributed by atoms with Crippen LogP contribution in [0.15, 0.2) is 46.1 Å². The summed E-state index contributed by atoms with van der Waals surface area (Å²) in [7, 11) is -0.953. The highest BCUT2D eigenvalue weighted by atomic mass is 31.1. The molecule has 3 heterocycles. The lowest BCUT2D eigenvalue weighted by Gasteiger charge is -2.21. The van der Waals surface area contributed by atoms with Gasteiger partial charge in [0.25, 0.3) is 0 Å². The first-order valence-electron chi connectivity index (χ1n) is 13.9. The molecule has 6 atom stereocenters. The third-order valence-electron chi connectivity index (χ3n) is 6.93. The van der Waals surface area contributed by atoms with Gasteiger partial charge < -0.3 is 29.5 Å². The molecule has 1 aromatic carbocycles. The molecule has 2 aromatic rings. The van der Waals surface area contributed by atoms with Crippen LogP contribution in [-0.2, 0) is 19.1 Å². The van der Waals surface area contributed by atoms with Crippen molar-refractivity contribution < 1.29 is 47.1 Å². The summed E-state index contributed by atoms with van der Waals surface area (Å²) in [5.74, 6) is -5.18. The normalized spacial score (nSPS) is 24.2. The third kappa shape index (κ3) is 7.74. The number of nitrogens with zero attached hydrogens (tertiary/aromatic N) is 4. The number of aliphatic hydroxyl groups is 1. The van der Waals surface area contributed by atoms with Gasteiger partial charge in [-0.3, -0.25) is 18.8 Å². The van der Waals surface area contributed by atoms with Gasteiger partial charge in [-0.05, 0) is 65.4 Å². The first-order chi connectivity index (χ1) is 20.8. The van der Waals surface area contributed by atoms with Crippen molar-refractivity contribution in [3.63, 3.8) is 0 Å². The van der Waals surface area contributed by atoms with Gasteiger partial charge in [0.05, 0.1) is 12.1 Å². The molecule has 240 valence electrons. The lowest BCUT2D eigenvalue weighted by atomic mass is 10.1. The first-order valence-corrected chi connectivity index (χ1v) is 15.0. The van der Waals surface area contributed by atoms with Crippen molar-refractivity contribution in [3.8, 4) is 11.5 Å². The van der Waals surface area contributed by atoms with Gasteiger partial charge >= 0.3 is 25.7 Å². The summed E-state index contributed by atoms with van der Waals surface area (Å²) >= 11 is 0. The minimum atomic E-state index is -3.92. The molecule has 0 saturated carbocycles. The van der Waals surface area contributed by atoms with E-state index in [-0.39, 0.29) is 35.4 Å². The molecule has 2 aliphatic rings. The van der Waals surface area contributed by atoms with Crippen LogP contribution in [-0.4, -0.2) is 88.0 Å². The molecule has 14 nitrogen and oxygen atoms in total. The summed E-state index contributed by atoms with van der Waals surface area (Å²) in [5, 5.41) is 12.9. The summed E-state index contributed by atoms with van der Waals surface area (Å²) in [6, 6.07) is 5.57. The first kappa shape index (κ1) is 33.3. The van der Waals surface area contributed by atoms with Crippen LogP contribution in [0.3, 0.4) is 0 Å². The Labute approximate surface area is 252 Å². The van der Waals surface area contributed by atoms with Gasteiger partial charge in [-0.25, -0.2) is 9.59 Å². The monoisotopic (exact) mass is 641 g/mol. The van der Waals surface area contributed by atoms with E-state index in [0.29, 0.717) is 11.0 Å². The van der Waals surface area contributed by atoms with Gasteiger partial charge in [-0.1, -0.05) is 16.9 Å². The number of amides is 1. The number of hydrogen-bond donors (Lipinski definition) is 2. The Morgan fingerprint density at radius 2 is 1.98 bits per heavy atom. The molecule has 0 aliphatic carbocycles. The lowest BCUT2D eigenvalue weighted by molar-refractivity contribution is -0.170. The quantitative estimate of drug-likeness (QED) is 0.270. The van der Waals surface area contributed by atoms with Crippen LogP contribution >= 0.6 is 8.17 Å². The fourth-order valence-corrected chi connectivity index (χ4v) is 5.41. The number of benzene rings is 1. The highest BCUT2D eigenvalue weighted by Gasteiger charge is 2.60. The third-order valence-corrected chi connectivity index (χ3v) is 7.81. The number of aromatic nitrogens is 2. The molecule has 2 saturated heterocycles. The number of ether oxygens (including phenoxy) is 3. The number of alkyl halides is 2. The Balaban J connectivity index is 1.41. The zero-order chi connectivity index (χ0) is 32.2. The van der Waals surface area contributed by atoms with Crippen LogP contribution in [0, 0.1) is 0 Å². The molecule has 0 bridgehead atoms. The Hall–Kier alpha value is -3.56. The molecule has 0 spiro atoms. The number of anilines is 1. The van der Waals surface area contributed by atoms with E-state index >= 15 is 8.78 Å². The number of carbonyl (C=O) groups excluding carboxylic acids is 2. The van der Waals surface area contributed by atoms with E-state index in [1.807, 2.05) is 4.90 Å². The Morgan fingerprint density at radius 3 is 2.61 bits per heavy atom. The van der Waals surface area contributed by atoms with Gasteiger partial charge in [0.2, 0.25) is 17.9 Å². The maximum absolute atomic E-state index is 15.1. The van der Waals surface area contributed by atoms with E-state index in [9.17, 15) is 24.4 Å². The largest absolute Gasteiger partial charge is 0.575 e. The molecule has 2 aliphatic heterocycles. The molecule has 2 fully saturated rings. The molecular weight excluding hydrogens is 607 g/mol. The minimum absolute atomic E-state index is 0.0298. The fourth-order valence-electron chi connectivity index (χ4n) is 4.66. The van der Waals surface area contributed by atoms with Crippen LogP contribution in [0.4, 0.5) is 14.6 Å². The number of halogens is 2. The van der Waals surface area contributed by atoms with E-state index in [2.05, 4.69) is 15.0 Å². The summed E-state index contributed by atoms with van der Waals surface area (Å²) < 4.78 is 55.8. The van der Waals surface area contributed by atoms with Gasteiger partial charge in [-0.15, -0.1) is 0 Å². The number of likely N-dealkylation sites (N-methyl/N-ethyl adjacent to an activating group) is 1. The summed E-state index contributed by atoms with van der Waals surface area (Å²) in [6.45, 7) is 4.84. The average molecular weight is 642 g/mol. The zero-order valence-corrected chi connectivity index (χ0v) is 25.4. The van der Waals surface area contributed by atoms with Gasteiger partial charge in [-0.2, -0.15) is 13.8 Å². The number of nitrogens with one attached hydrogen (secondary N) is 1. The van der Waals surface area contributed by atoms with Crippen molar-refractivity contribution in [1.29, 1.82) is 0 Å². The maximum Gasteiger partial charge on any atom is 0.395 e. The van der Waals surface area contributed by atoms with Crippen molar-refractivity contribution in [2.45, 2.75) is 76.2 Å². The van der Waals surface area contributed by atoms with Crippen molar-refractivity contribution >= 4 is 25.9 Å². The van der Waals surface area contributed by atoms with Crippen LogP contribution in [0.1, 0.15) is 39.8 Å². The highest BCUT2D eigenvalue weighted by Crippen LogP contribution is 2.43. The Morgan fingerprint density at radius 1 is 1.27 bits per heavy atom. The molecule has 17 heteroatoms. The Kier molecular flexibility index (Phi) is 10.6. The van der Waals surface area contributed by atoms with Gasteiger partial charge in [0.15, 0.2) is 17.9 Å². The number of rotatable bonds is 11. The molecule has 2 N–H and O–H groups in total. The zero-order valence-electron chi connectivity index (χ0n) is 24.5. The van der Waals surface area contributed by atoms with Gasteiger partial charge in [0, 0.05) is 6.20 Å². The second-order valence-electron chi connectivity index (χ2n) is 10.6. The smallest absolute Gasteiger partial charge is 0.395 e. The fraction of sp³-hybridized carbons (Fsp3) is 0.556. The number of hydrogen-bond acceptors (Lipinski definition) is 12. The van der Waals surface area contributed by atoms with Crippen molar-refractivity contribution in [1.82, 2.24) is 14.5 Å². The molecular formula is C27H34F2N5O9P. The molecule has 0 radical (unpaired) electrons. The van der Waals surface area contributed by atoms with E-state index in [1.165, 1.54) is 37.3 Å². The van der Waals surface area contributed by atoms with Crippen LogP contribution in [0.2, 0.25) is 0 Å². The van der Waals surface area contributed by atoms with Crippen LogP contribution < -0.4 is 25.2 Å². The number of aliphatic hydroxyl groups excluding tert-OH is 1. The van der Waals surface area contributed by atoms with E-state index in [4.69, 9.17) is 18.7 Å². The molecule has 4 rings (SSSR count). The standard InChI is InChI=1S/C27H34F2N5O9P/c1-15(2)41-24(37)16(3)32-44(39)43-19-10-6-5-9-18(19)40-14-20-22(35)27(28,29)25(42-20)34-13-11-21(31-26(34)38)30-23(36)17-8-7-12-33(17)4/h5-6,9-11,13,15-17,20,22,25,35H,7-8,12,14H2,1-4H3,(H,30,31,36,38)/t16-,17+,20-,22-,25-/m1/s1. The van der Waals surface area contributed by atoms with E-state index in [0.717, 1.165) is 19.2 Å². The number of para-hydroxylation sites is 2. The minimum Gasteiger partial charge on any atom is -0.575 e. The number of carbonyl (C=O) groups is 2. The van der Waals surface area contributed by atoms with Crippen LogP contribution in [0.25, 0.3) is 0 Å². The predicted octanol–water partition coefficient (Wildman–Crippen LogP) is 1.82. The van der Waals surface area contributed by atoms with Crippen molar-refractivity contribution in [2.75, 3.05) is 25.5 Å². The molecule has 44 heavy (non-hydrogen) atoms. The SMILES string of the molecule is CC(C)OC(=O)[C@@H](C)N=[P+]([O-])Oc1ccccc1OC[C@H]1O[C@@H](n2ccc(NC(=O)[C@@H]3CCCN3C)nc2=O)C(F)(F)[C@@H]1O. The summed E-state index contributed by atoms with van der Waals surface area (Å²) in [6.07, 6.45) is -4.10. The van der Waals surface area contributed by atoms with Crippen LogP contribution in [0.5, 0.6) is 11.5 Å². The number of likely N-dealkylation sites (tertiary alicyclic amines) is 1. The highest BCUT2D eigenvalue weighted by molar-refractivity contribution is 7.34. The van der Waals surface area contributed by atoms with Crippen molar-refractivity contribution in [2.24, 2.45) is 4.74 Å². The predicted molar refractivity (Wildman–Crippen MR) is 150 cm³/mol. The maximum atomic E-state index is 15.1. The van der Waals surface area contributed by atoms with E-state index < -0.39 is 56.8 Å². The molecule has 1 unspecified atom stereocenters. The second kappa shape index (κ2) is 14.0. The summed E-state index contributed by atoms with van der Waals surface area (Å²) in [5.41, 5.74) is -1.13.